The second kappa shape index (κ2) is 4.45. The average molecular weight is 188 g/mol. The molecule has 1 heterocycles. The molecule has 4 heteroatoms. The number of alkyl halides is 1. The summed E-state index contributed by atoms with van der Waals surface area (Å²) in [6, 6.07) is 0. The lowest BCUT2D eigenvalue weighted by molar-refractivity contribution is 0.542. The van der Waals surface area contributed by atoms with Crippen molar-refractivity contribution in [2.75, 3.05) is 0 Å². The molecule has 0 bridgehead atoms. The molecule has 0 aliphatic heterocycles. The van der Waals surface area contributed by atoms with Crippen LogP contribution in [0.1, 0.15) is 31.2 Å². The number of rotatable bonds is 4. The Morgan fingerprint density at radius 1 is 1.50 bits per heavy atom. The molecule has 0 amide bonds. The molecule has 0 atom stereocenters. The molecular formula is C8H14ClN3. The zero-order valence-electron chi connectivity index (χ0n) is 7.55. The first-order valence-electron chi connectivity index (χ1n) is 4.24. The Morgan fingerprint density at radius 3 is 2.75 bits per heavy atom. The predicted octanol–water partition coefficient (Wildman–Crippen LogP) is 2.13. The second-order valence-electron chi connectivity index (χ2n) is 2.83. The van der Waals surface area contributed by atoms with Gasteiger partial charge in [-0.3, -0.25) is 0 Å². The van der Waals surface area contributed by atoms with Crippen LogP contribution in [0.4, 0.5) is 0 Å². The summed E-state index contributed by atoms with van der Waals surface area (Å²) >= 11 is 5.66. The average Bonchev–Trinajstić information content (AvgIpc) is 2.43. The number of unbranched alkanes of at least 4 members (excludes halogenated alkanes) is 1. The maximum absolute atomic E-state index is 5.66. The number of hydrogen-bond donors (Lipinski definition) is 0. The van der Waals surface area contributed by atoms with Crippen LogP contribution in [0.3, 0.4) is 0 Å². The van der Waals surface area contributed by atoms with Gasteiger partial charge in [-0.15, -0.1) is 16.7 Å². The summed E-state index contributed by atoms with van der Waals surface area (Å²) < 4.78 is 1.92. The quantitative estimate of drug-likeness (QED) is 0.677. The maximum atomic E-state index is 5.66. The van der Waals surface area contributed by atoms with Gasteiger partial charge in [0.15, 0.2) is 0 Å². The van der Waals surface area contributed by atoms with Crippen LogP contribution in [0.5, 0.6) is 0 Å². The predicted molar refractivity (Wildman–Crippen MR) is 49.2 cm³/mol. The molecule has 0 spiro atoms. The van der Waals surface area contributed by atoms with Gasteiger partial charge in [-0.2, -0.15) is 0 Å². The number of hydrogen-bond acceptors (Lipinski definition) is 2. The normalized spacial score (nSPS) is 10.6. The Hall–Kier alpha value is -0.570. The van der Waals surface area contributed by atoms with Crippen LogP contribution in [0.25, 0.3) is 0 Å². The van der Waals surface area contributed by atoms with E-state index in [1.807, 2.05) is 11.6 Å². The van der Waals surface area contributed by atoms with E-state index in [0.717, 1.165) is 24.4 Å². The van der Waals surface area contributed by atoms with Gasteiger partial charge in [-0.1, -0.05) is 18.6 Å². The zero-order valence-corrected chi connectivity index (χ0v) is 8.30. The fourth-order valence-corrected chi connectivity index (χ4v) is 1.29. The maximum Gasteiger partial charge on any atom is 0.100 e. The molecule has 68 valence electrons. The number of aryl methyl sites for hydroxylation is 1. The third-order valence-corrected chi connectivity index (χ3v) is 2.18. The lowest BCUT2D eigenvalue weighted by atomic mass is 10.3. The summed E-state index contributed by atoms with van der Waals surface area (Å²) in [6.07, 6.45) is 2.32. The molecule has 0 aliphatic carbocycles. The van der Waals surface area contributed by atoms with Gasteiger partial charge in [0.1, 0.15) is 5.69 Å². The van der Waals surface area contributed by atoms with Crippen molar-refractivity contribution in [2.45, 2.75) is 39.1 Å². The molecule has 0 aromatic carbocycles. The standard InChI is InChI=1S/C8H14ClN3/c1-3-4-5-12-7(2)8(6-9)10-11-12/h3-6H2,1-2H3. The minimum absolute atomic E-state index is 0.456. The summed E-state index contributed by atoms with van der Waals surface area (Å²) in [7, 11) is 0. The Morgan fingerprint density at radius 2 is 2.25 bits per heavy atom. The summed E-state index contributed by atoms with van der Waals surface area (Å²) in [4.78, 5) is 0. The Balaban J connectivity index is 2.66. The minimum atomic E-state index is 0.456. The Bertz CT molecular complexity index is 244. The fourth-order valence-electron chi connectivity index (χ4n) is 1.04. The first-order chi connectivity index (χ1) is 5.79. The van der Waals surface area contributed by atoms with Crippen LogP contribution >= 0.6 is 11.6 Å². The molecule has 0 fully saturated rings. The highest BCUT2D eigenvalue weighted by Crippen LogP contribution is 2.07. The molecule has 0 radical (unpaired) electrons. The van der Waals surface area contributed by atoms with Crippen molar-refractivity contribution in [3.05, 3.63) is 11.4 Å². The topological polar surface area (TPSA) is 30.7 Å². The zero-order chi connectivity index (χ0) is 8.97. The fraction of sp³-hybridized carbons (Fsp3) is 0.750. The van der Waals surface area contributed by atoms with Gasteiger partial charge in [0, 0.05) is 6.54 Å². The van der Waals surface area contributed by atoms with E-state index in [0.29, 0.717) is 5.88 Å². The van der Waals surface area contributed by atoms with Crippen LogP contribution in [0.15, 0.2) is 0 Å². The number of nitrogens with zero attached hydrogens (tertiary/aromatic N) is 3. The number of halogens is 1. The molecule has 1 rings (SSSR count). The summed E-state index contributed by atoms with van der Waals surface area (Å²) in [6.45, 7) is 5.12. The number of aromatic nitrogens is 3. The van der Waals surface area contributed by atoms with E-state index in [9.17, 15) is 0 Å². The van der Waals surface area contributed by atoms with Crippen molar-refractivity contribution >= 4 is 11.6 Å². The summed E-state index contributed by atoms with van der Waals surface area (Å²) in [5.74, 6) is 0.456. The van der Waals surface area contributed by atoms with Gasteiger partial charge in [0.05, 0.1) is 11.6 Å². The molecular weight excluding hydrogens is 174 g/mol. The molecule has 3 nitrogen and oxygen atoms in total. The van der Waals surface area contributed by atoms with E-state index in [2.05, 4.69) is 17.2 Å². The summed E-state index contributed by atoms with van der Waals surface area (Å²) in [5, 5.41) is 7.97. The minimum Gasteiger partial charge on any atom is -0.249 e. The first-order valence-corrected chi connectivity index (χ1v) is 4.78. The molecule has 0 N–H and O–H groups in total. The van der Waals surface area contributed by atoms with Crippen molar-refractivity contribution in [3.63, 3.8) is 0 Å². The molecule has 1 aromatic rings. The molecule has 1 aromatic heterocycles. The van der Waals surface area contributed by atoms with Crippen molar-refractivity contribution in [2.24, 2.45) is 0 Å². The largest absolute Gasteiger partial charge is 0.249 e. The van der Waals surface area contributed by atoms with Crippen LogP contribution in [-0.4, -0.2) is 15.0 Å². The van der Waals surface area contributed by atoms with Crippen molar-refractivity contribution in [3.8, 4) is 0 Å². The van der Waals surface area contributed by atoms with E-state index in [1.165, 1.54) is 6.42 Å². The van der Waals surface area contributed by atoms with Crippen LogP contribution in [-0.2, 0) is 12.4 Å². The smallest absolute Gasteiger partial charge is 0.100 e. The first kappa shape index (κ1) is 9.52. The molecule has 0 unspecified atom stereocenters. The van der Waals surface area contributed by atoms with Crippen LogP contribution < -0.4 is 0 Å². The highest BCUT2D eigenvalue weighted by molar-refractivity contribution is 6.16. The molecule has 0 aliphatic rings. The third-order valence-electron chi connectivity index (χ3n) is 1.93. The van der Waals surface area contributed by atoms with E-state index in [1.54, 1.807) is 0 Å². The van der Waals surface area contributed by atoms with Crippen molar-refractivity contribution < 1.29 is 0 Å². The van der Waals surface area contributed by atoms with Gasteiger partial charge in [0.25, 0.3) is 0 Å². The molecule has 12 heavy (non-hydrogen) atoms. The van der Waals surface area contributed by atoms with Gasteiger partial charge in [-0.05, 0) is 13.3 Å². The van der Waals surface area contributed by atoms with Gasteiger partial charge in [0.2, 0.25) is 0 Å². The Labute approximate surface area is 77.7 Å². The van der Waals surface area contributed by atoms with Gasteiger partial charge in [-0.25, -0.2) is 4.68 Å². The van der Waals surface area contributed by atoms with Gasteiger partial charge >= 0.3 is 0 Å². The van der Waals surface area contributed by atoms with E-state index >= 15 is 0 Å². The highest BCUT2D eigenvalue weighted by atomic mass is 35.5. The van der Waals surface area contributed by atoms with E-state index in [4.69, 9.17) is 11.6 Å². The monoisotopic (exact) mass is 187 g/mol. The van der Waals surface area contributed by atoms with Crippen molar-refractivity contribution in [1.29, 1.82) is 0 Å². The Kier molecular flexibility index (Phi) is 3.53. The second-order valence-corrected chi connectivity index (χ2v) is 3.10. The van der Waals surface area contributed by atoms with Crippen LogP contribution in [0.2, 0.25) is 0 Å². The van der Waals surface area contributed by atoms with E-state index < -0.39 is 0 Å². The molecule has 0 saturated heterocycles. The SMILES string of the molecule is CCCCn1nnc(CCl)c1C. The van der Waals surface area contributed by atoms with Crippen molar-refractivity contribution in [1.82, 2.24) is 15.0 Å². The third kappa shape index (κ3) is 1.97. The summed E-state index contributed by atoms with van der Waals surface area (Å²) in [5.41, 5.74) is 1.99. The van der Waals surface area contributed by atoms with Gasteiger partial charge < -0.3 is 0 Å². The highest BCUT2D eigenvalue weighted by Gasteiger charge is 2.05. The van der Waals surface area contributed by atoms with E-state index in [-0.39, 0.29) is 0 Å². The lowest BCUT2D eigenvalue weighted by Gasteiger charge is -2.00. The lowest BCUT2D eigenvalue weighted by Crippen LogP contribution is -2.02. The molecule has 0 saturated carbocycles. The van der Waals surface area contributed by atoms with Crippen LogP contribution in [0, 0.1) is 6.92 Å².